The molecule has 3 aromatic rings. The molecule has 0 aliphatic carbocycles. The molecule has 1 unspecified atom stereocenters. The standard InChI is InChI=1S/C24H18Br2N2O4S3/c1-31-24(30)20-19(15-5-7-18(26)35-15)14-11-28(23(29)16-3-2-8-33-16)10-12(21(14)32-22(20)27)9-13-4-6-17(25)34-13/h2-9,19H,10-11,27H2,1H3/b12-9+. The molecule has 0 saturated carbocycles. The van der Waals surface area contributed by atoms with Crippen LogP contribution in [0.5, 0.6) is 0 Å². The minimum absolute atomic E-state index is 0.0152. The highest BCUT2D eigenvalue weighted by atomic mass is 79.9. The van der Waals surface area contributed by atoms with Crippen molar-refractivity contribution in [2.45, 2.75) is 5.92 Å². The highest BCUT2D eigenvalue weighted by molar-refractivity contribution is 9.11. The van der Waals surface area contributed by atoms with Crippen LogP contribution in [-0.4, -0.2) is 37.0 Å². The fourth-order valence-corrected chi connectivity index (χ4v) is 7.82. The van der Waals surface area contributed by atoms with Crippen LogP contribution < -0.4 is 5.73 Å². The quantitative estimate of drug-likeness (QED) is 0.332. The summed E-state index contributed by atoms with van der Waals surface area (Å²) in [5.41, 5.74) is 8.19. The Bertz CT molecular complexity index is 1400. The number of thiophene rings is 3. The zero-order chi connectivity index (χ0) is 24.7. The molecule has 0 bridgehead atoms. The molecule has 1 amide bonds. The molecule has 3 aromatic heterocycles. The first-order chi connectivity index (χ1) is 16.9. The molecule has 0 fully saturated rings. The molecule has 11 heteroatoms. The lowest BCUT2D eigenvalue weighted by molar-refractivity contribution is -0.136. The summed E-state index contributed by atoms with van der Waals surface area (Å²) in [7, 11) is 1.32. The van der Waals surface area contributed by atoms with Crippen molar-refractivity contribution in [3.63, 3.8) is 0 Å². The lowest BCUT2D eigenvalue weighted by atomic mass is 9.83. The number of halogens is 2. The predicted molar refractivity (Wildman–Crippen MR) is 146 cm³/mol. The highest BCUT2D eigenvalue weighted by Gasteiger charge is 2.42. The molecule has 0 aromatic carbocycles. The number of ether oxygens (including phenoxy) is 2. The fraction of sp³-hybridized carbons (Fsp3) is 0.167. The molecule has 2 aliphatic rings. The van der Waals surface area contributed by atoms with Crippen molar-refractivity contribution in [2.24, 2.45) is 5.73 Å². The van der Waals surface area contributed by atoms with Crippen molar-refractivity contribution in [2.75, 3.05) is 20.2 Å². The minimum Gasteiger partial charge on any atom is -0.465 e. The van der Waals surface area contributed by atoms with Gasteiger partial charge >= 0.3 is 5.97 Å². The molecule has 2 N–H and O–H groups in total. The summed E-state index contributed by atoms with van der Waals surface area (Å²) >= 11 is 11.5. The van der Waals surface area contributed by atoms with E-state index in [4.69, 9.17) is 15.2 Å². The van der Waals surface area contributed by atoms with Gasteiger partial charge in [-0.25, -0.2) is 4.79 Å². The third kappa shape index (κ3) is 4.79. The van der Waals surface area contributed by atoms with Gasteiger partial charge in [-0.15, -0.1) is 34.0 Å². The first-order valence-electron chi connectivity index (χ1n) is 10.4. The number of hydrogen-bond acceptors (Lipinski definition) is 8. The van der Waals surface area contributed by atoms with E-state index in [0.29, 0.717) is 23.7 Å². The Labute approximate surface area is 230 Å². The average Bonchev–Trinajstić information content (AvgIpc) is 3.60. The van der Waals surface area contributed by atoms with Gasteiger partial charge < -0.3 is 20.1 Å². The van der Waals surface area contributed by atoms with Crippen molar-refractivity contribution >= 4 is 83.8 Å². The Kier molecular flexibility index (Phi) is 7.04. The first kappa shape index (κ1) is 24.5. The van der Waals surface area contributed by atoms with Crippen LogP contribution in [0.15, 0.2) is 77.7 Å². The molecule has 5 heterocycles. The van der Waals surface area contributed by atoms with E-state index in [9.17, 15) is 9.59 Å². The Balaban J connectivity index is 1.67. The van der Waals surface area contributed by atoms with Gasteiger partial charge in [-0.2, -0.15) is 0 Å². The fourth-order valence-electron chi connectivity index (χ4n) is 4.17. The number of carbonyl (C=O) groups excluding carboxylic acids is 2. The van der Waals surface area contributed by atoms with Crippen molar-refractivity contribution in [1.82, 2.24) is 4.90 Å². The minimum atomic E-state index is -0.557. The summed E-state index contributed by atoms with van der Waals surface area (Å²) in [6.07, 6.45) is 2.01. The smallest absolute Gasteiger partial charge is 0.340 e. The number of methoxy groups -OCH3 is 1. The molecule has 2 aliphatic heterocycles. The normalized spacial score (nSPS) is 19.1. The number of carbonyl (C=O) groups is 2. The van der Waals surface area contributed by atoms with Crippen molar-refractivity contribution in [1.29, 1.82) is 0 Å². The third-order valence-corrected chi connectivity index (χ3v) is 9.75. The summed E-state index contributed by atoms with van der Waals surface area (Å²) in [6.45, 7) is 0.651. The second kappa shape index (κ2) is 10.1. The third-order valence-electron chi connectivity index (χ3n) is 5.63. The first-order valence-corrected chi connectivity index (χ1v) is 14.5. The van der Waals surface area contributed by atoms with E-state index in [0.717, 1.165) is 28.5 Å². The molecule has 6 nitrogen and oxygen atoms in total. The van der Waals surface area contributed by atoms with Gasteiger partial charge in [0.2, 0.25) is 5.88 Å². The van der Waals surface area contributed by atoms with E-state index in [1.54, 1.807) is 16.2 Å². The summed E-state index contributed by atoms with van der Waals surface area (Å²) in [5, 5.41) is 1.89. The predicted octanol–water partition coefficient (Wildman–Crippen LogP) is 6.35. The summed E-state index contributed by atoms with van der Waals surface area (Å²) in [6, 6.07) is 11.5. The molecule has 35 heavy (non-hydrogen) atoms. The maximum absolute atomic E-state index is 13.4. The van der Waals surface area contributed by atoms with E-state index in [1.807, 2.05) is 47.9 Å². The Morgan fingerprint density at radius 1 is 1.14 bits per heavy atom. The van der Waals surface area contributed by atoms with Crippen molar-refractivity contribution in [3.8, 4) is 0 Å². The average molecular weight is 654 g/mol. The number of nitrogens with two attached hydrogens (primary N) is 1. The van der Waals surface area contributed by atoms with E-state index in [1.165, 1.54) is 29.8 Å². The topological polar surface area (TPSA) is 81.9 Å². The molecule has 180 valence electrons. The van der Waals surface area contributed by atoms with Gasteiger partial charge in [0.25, 0.3) is 5.91 Å². The number of nitrogens with zero attached hydrogens (tertiary/aromatic N) is 1. The Hall–Kier alpha value is -2.18. The van der Waals surface area contributed by atoms with E-state index >= 15 is 0 Å². The molecular weight excluding hydrogens is 636 g/mol. The SMILES string of the molecule is COC(=O)C1=C(N)OC2=C(CN(C(=O)c3cccs3)C/C2=C\c2ccc(Br)s2)C1c1ccc(Br)s1. The second-order valence-corrected chi connectivity index (χ2v) is 13.7. The van der Waals surface area contributed by atoms with Gasteiger partial charge in [-0.05, 0) is 73.6 Å². The maximum Gasteiger partial charge on any atom is 0.340 e. The van der Waals surface area contributed by atoms with Crippen LogP contribution in [-0.2, 0) is 14.3 Å². The lowest BCUT2D eigenvalue weighted by Gasteiger charge is -2.38. The molecule has 1 atom stereocenters. The number of amides is 1. The molecule has 5 rings (SSSR count). The van der Waals surface area contributed by atoms with Crippen LogP contribution in [0.25, 0.3) is 6.08 Å². The zero-order valence-electron chi connectivity index (χ0n) is 18.2. The van der Waals surface area contributed by atoms with Crippen molar-refractivity contribution in [3.05, 3.63) is 92.3 Å². The monoisotopic (exact) mass is 652 g/mol. The van der Waals surface area contributed by atoms with Gasteiger partial charge in [0.15, 0.2) is 0 Å². The van der Waals surface area contributed by atoms with E-state index < -0.39 is 11.9 Å². The summed E-state index contributed by atoms with van der Waals surface area (Å²) in [5.74, 6) is -0.512. The van der Waals surface area contributed by atoms with Crippen LogP contribution in [0, 0.1) is 0 Å². The van der Waals surface area contributed by atoms with Crippen LogP contribution in [0.1, 0.15) is 25.3 Å². The van der Waals surface area contributed by atoms with Gasteiger partial charge in [-0.3, -0.25) is 4.79 Å². The lowest BCUT2D eigenvalue weighted by Crippen LogP contribution is -2.42. The summed E-state index contributed by atoms with van der Waals surface area (Å²) in [4.78, 5) is 30.6. The zero-order valence-corrected chi connectivity index (χ0v) is 23.9. The summed E-state index contributed by atoms with van der Waals surface area (Å²) < 4.78 is 13.1. The van der Waals surface area contributed by atoms with Gasteiger partial charge in [0, 0.05) is 27.4 Å². The molecule has 0 spiro atoms. The maximum atomic E-state index is 13.4. The number of esters is 1. The van der Waals surface area contributed by atoms with Crippen LogP contribution in [0.2, 0.25) is 0 Å². The largest absolute Gasteiger partial charge is 0.465 e. The van der Waals surface area contributed by atoms with Gasteiger partial charge in [0.05, 0.1) is 32.0 Å². The molecule has 0 radical (unpaired) electrons. The van der Waals surface area contributed by atoms with Crippen LogP contribution >= 0.6 is 65.9 Å². The second-order valence-electron chi connectivity index (χ2n) is 7.75. The molecule has 0 saturated heterocycles. The van der Waals surface area contributed by atoms with Gasteiger partial charge in [0.1, 0.15) is 11.3 Å². The van der Waals surface area contributed by atoms with Crippen LogP contribution in [0.4, 0.5) is 0 Å². The Morgan fingerprint density at radius 3 is 2.54 bits per heavy atom. The highest BCUT2D eigenvalue weighted by Crippen LogP contribution is 2.47. The van der Waals surface area contributed by atoms with E-state index in [2.05, 4.69) is 31.9 Å². The van der Waals surface area contributed by atoms with E-state index in [-0.39, 0.29) is 17.4 Å². The number of rotatable bonds is 4. The van der Waals surface area contributed by atoms with Crippen molar-refractivity contribution < 1.29 is 19.1 Å². The number of hydrogen-bond donors (Lipinski definition) is 1. The van der Waals surface area contributed by atoms with Gasteiger partial charge in [-0.1, -0.05) is 6.07 Å². The molecular formula is C24H18Br2N2O4S3. The van der Waals surface area contributed by atoms with Crippen LogP contribution in [0.3, 0.4) is 0 Å². The Morgan fingerprint density at radius 2 is 1.91 bits per heavy atom.